The van der Waals surface area contributed by atoms with Crippen LogP contribution < -0.4 is 0 Å². The van der Waals surface area contributed by atoms with Gasteiger partial charge in [0.15, 0.2) is 0 Å². The first-order valence-corrected chi connectivity index (χ1v) is 7.84. The van der Waals surface area contributed by atoms with Crippen LogP contribution in [-0.4, -0.2) is 29.2 Å². The zero-order chi connectivity index (χ0) is 15.1. The number of nitrogens with zero attached hydrogens (tertiary/aromatic N) is 1. The van der Waals surface area contributed by atoms with Gasteiger partial charge < -0.3 is 5.11 Å². The third-order valence-electron chi connectivity index (χ3n) is 3.73. The van der Waals surface area contributed by atoms with Gasteiger partial charge in [0.25, 0.3) is 0 Å². The smallest absolute Gasteiger partial charge is 0.0690 e. The fourth-order valence-electron chi connectivity index (χ4n) is 2.22. The Morgan fingerprint density at radius 1 is 1.15 bits per heavy atom. The molecule has 0 aliphatic rings. The Hall–Kier alpha value is -0.860. The summed E-state index contributed by atoms with van der Waals surface area (Å²) in [4.78, 5) is 2.39. The number of aliphatic hydroxyl groups is 1. The highest BCUT2D eigenvalue weighted by Crippen LogP contribution is 2.12. The highest BCUT2D eigenvalue weighted by atomic mass is 16.3. The zero-order valence-corrected chi connectivity index (χ0v) is 13.8. The van der Waals surface area contributed by atoms with Gasteiger partial charge in [0, 0.05) is 13.1 Å². The summed E-state index contributed by atoms with van der Waals surface area (Å²) in [5.74, 6) is 1.01. The molecule has 1 N–H and O–H groups in total. The summed E-state index contributed by atoms with van der Waals surface area (Å²) in [6.45, 7) is 13.5. The lowest BCUT2D eigenvalue weighted by Crippen LogP contribution is -2.35. The molecule has 0 aliphatic heterocycles. The molecular weight excluding hydrogens is 246 g/mol. The van der Waals surface area contributed by atoms with E-state index in [2.05, 4.69) is 63.8 Å². The molecule has 0 fully saturated rings. The van der Waals surface area contributed by atoms with Crippen LogP contribution in [0.25, 0.3) is 0 Å². The van der Waals surface area contributed by atoms with Crippen molar-refractivity contribution in [2.75, 3.05) is 13.1 Å². The molecular formula is C18H31NO. The monoisotopic (exact) mass is 277 g/mol. The Kier molecular flexibility index (Phi) is 7.25. The van der Waals surface area contributed by atoms with E-state index < -0.39 is 0 Å². The molecule has 20 heavy (non-hydrogen) atoms. The SMILES string of the molecule is Cc1cccc(CN(CCC(C)C)C[C@@H](O)C(C)C)c1. The van der Waals surface area contributed by atoms with E-state index in [-0.39, 0.29) is 6.10 Å². The van der Waals surface area contributed by atoms with E-state index in [1.165, 1.54) is 17.5 Å². The second-order valence-electron chi connectivity index (χ2n) is 6.72. The predicted molar refractivity (Wildman–Crippen MR) is 86.8 cm³/mol. The minimum Gasteiger partial charge on any atom is -0.392 e. The molecule has 0 bridgehead atoms. The average molecular weight is 277 g/mol. The Labute approximate surface area is 124 Å². The highest BCUT2D eigenvalue weighted by molar-refractivity contribution is 5.22. The Morgan fingerprint density at radius 3 is 2.40 bits per heavy atom. The zero-order valence-electron chi connectivity index (χ0n) is 13.8. The maximum Gasteiger partial charge on any atom is 0.0690 e. The van der Waals surface area contributed by atoms with Gasteiger partial charge in [0.1, 0.15) is 0 Å². The average Bonchev–Trinajstić information content (AvgIpc) is 2.35. The Morgan fingerprint density at radius 2 is 1.85 bits per heavy atom. The summed E-state index contributed by atoms with van der Waals surface area (Å²) in [7, 11) is 0. The van der Waals surface area contributed by atoms with Crippen LogP contribution >= 0.6 is 0 Å². The standard InChI is InChI=1S/C18H31NO/c1-14(2)9-10-19(13-18(20)15(3)4)12-17-8-6-7-16(5)11-17/h6-8,11,14-15,18,20H,9-10,12-13H2,1-5H3/t18-/m1/s1. The molecule has 1 atom stereocenters. The molecule has 0 aromatic heterocycles. The molecule has 0 saturated carbocycles. The van der Waals surface area contributed by atoms with Gasteiger partial charge in [-0.05, 0) is 37.3 Å². The predicted octanol–water partition coefficient (Wildman–Crippen LogP) is 3.86. The second kappa shape index (κ2) is 8.43. The number of rotatable bonds is 8. The number of hydrogen-bond donors (Lipinski definition) is 1. The van der Waals surface area contributed by atoms with E-state index >= 15 is 0 Å². The molecule has 0 radical (unpaired) electrons. The van der Waals surface area contributed by atoms with Gasteiger partial charge in [-0.25, -0.2) is 0 Å². The molecule has 0 amide bonds. The van der Waals surface area contributed by atoms with Crippen molar-refractivity contribution in [1.82, 2.24) is 4.90 Å². The van der Waals surface area contributed by atoms with Gasteiger partial charge in [0.2, 0.25) is 0 Å². The van der Waals surface area contributed by atoms with Crippen molar-refractivity contribution >= 4 is 0 Å². The van der Waals surface area contributed by atoms with Crippen LogP contribution in [0.2, 0.25) is 0 Å². The molecule has 0 saturated heterocycles. The van der Waals surface area contributed by atoms with Crippen LogP contribution in [0.15, 0.2) is 24.3 Å². The number of benzene rings is 1. The summed E-state index contributed by atoms with van der Waals surface area (Å²) in [5, 5.41) is 10.2. The topological polar surface area (TPSA) is 23.5 Å². The van der Waals surface area contributed by atoms with E-state index in [9.17, 15) is 5.11 Å². The first kappa shape index (κ1) is 17.2. The Bertz CT molecular complexity index is 387. The van der Waals surface area contributed by atoms with E-state index in [1.807, 2.05) is 0 Å². The van der Waals surface area contributed by atoms with Crippen molar-refractivity contribution in [3.63, 3.8) is 0 Å². The first-order chi connectivity index (χ1) is 9.38. The lowest BCUT2D eigenvalue weighted by Gasteiger charge is -2.27. The van der Waals surface area contributed by atoms with Gasteiger partial charge >= 0.3 is 0 Å². The molecule has 2 nitrogen and oxygen atoms in total. The third kappa shape index (κ3) is 6.53. The largest absolute Gasteiger partial charge is 0.392 e. The van der Waals surface area contributed by atoms with Gasteiger partial charge in [0.05, 0.1) is 6.10 Å². The number of aliphatic hydroxyl groups excluding tert-OH is 1. The van der Waals surface area contributed by atoms with Crippen LogP contribution in [-0.2, 0) is 6.54 Å². The van der Waals surface area contributed by atoms with Crippen LogP contribution in [0.1, 0.15) is 45.2 Å². The van der Waals surface area contributed by atoms with Crippen molar-refractivity contribution < 1.29 is 5.11 Å². The first-order valence-electron chi connectivity index (χ1n) is 7.84. The fourth-order valence-corrected chi connectivity index (χ4v) is 2.22. The van der Waals surface area contributed by atoms with Gasteiger partial charge in [-0.2, -0.15) is 0 Å². The highest BCUT2D eigenvalue weighted by Gasteiger charge is 2.15. The maximum atomic E-state index is 10.2. The van der Waals surface area contributed by atoms with Crippen molar-refractivity contribution in [3.05, 3.63) is 35.4 Å². The molecule has 0 spiro atoms. The normalized spacial score (nSPS) is 13.4. The molecule has 1 aromatic carbocycles. The van der Waals surface area contributed by atoms with E-state index in [1.54, 1.807) is 0 Å². The van der Waals surface area contributed by atoms with Crippen molar-refractivity contribution in [1.29, 1.82) is 0 Å². The van der Waals surface area contributed by atoms with Crippen LogP contribution in [0.5, 0.6) is 0 Å². The molecule has 1 rings (SSSR count). The van der Waals surface area contributed by atoms with Crippen LogP contribution in [0.3, 0.4) is 0 Å². The summed E-state index contributed by atoms with van der Waals surface area (Å²) < 4.78 is 0. The van der Waals surface area contributed by atoms with E-state index in [0.29, 0.717) is 11.8 Å². The molecule has 0 heterocycles. The van der Waals surface area contributed by atoms with Gasteiger partial charge in [-0.3, -0.25) is 4.90 Å². The van der Waals surface area contributed by atoms with Crippen LogP contribution in [0.4, 0.5) is 0 Å². The molecule has 0 aliphatic carbocycles. The maximum absolute atomic E-state index is 10.2. The van der Waals surface area contributed by atoms with Gasteiger partial charge in [-0.1, -0.05) is 57.5 Å². The summed E-state index contributed by atoms with van der Waals surface area (Å²) >= 11 is 0. The van der Waals surface area contributed by atoms with E-state index in [0.717, 1.165) is 19.6 Å². The molecule has 0 unspecified atom stereocenters. The lowest BCUT2D eigenvalue weighted by molar-refractivity contribution is 0.0711. The minimum absolute atomic E-state index is 0.244. The third-order valence-corrected chi connectivity index (χ3v) is 3.73. The second-order valence-corrected chi connectivity index (χ2v) is 6.72. The quantitative estimate of drug-likeness (QED) is 0.780. The summed E-state index contributed by atoms with van der Waals surface area (Å²) in [5.41, 5.74) is 2.64. The van der Waals surface area contributed by atoms with Gasteiger partial charge in [-0.15, -0.1) is 0 Å². The van der Waals surface area contributed by atoms with Crippen molar-refractivity contribution in [3.8, 4) is 0 Å². The molecule has 1 aromatic rings. The minimum atomic E-state index is -0.244. The molecule has 114 valence electrons. The van der Waals surface area contributed by atoms with Crippen molar-refractivity contribution in [2.45, 2.75) is 53.7 Å². The lowest BCUT2D eigenvalue weighted by atomic mass is 10.0. The number of aryl methyl sites for hydroxylation is 1. The van der Waals surface area contributed by atoms with Crippen LogP contribution in [0, 0.1) is 18.8 Å². The Balaban J connectivity index is 2.66. The fraction of sp³-hybridized carbons (Fsp3) is 0.667. The molecule has 2 heteroatoms. The number of hydrogen-bond acceptors (Lipinski definition) is 2. The summed E-state index contributed by atoms with van der Waals surface area (Å²) in [6, 6.07) is 8.66. The van der Waals surface area contributed by atoms with Crippen molar-refractivity contribution in [2.24, 2.45) is 11.8 Å². The summed E-state index contributed by atoms with van der Waals surface area (Å²) in [6.07, 6.45) is 0.934. The van der Waals surface area contributed by atoms with E-state index in [4.69, 9.17) is 0 Å².